The number of amides is 1. The molecule has 5 rings (SSSR count). The van der Waals surface area contributed by atoms with Crippen molar-refractivity contribution in [2.75, 3.05) is 5.32 Å². The predicted molar refractivity (Wildman–Crippen MR) is 126 cm³/mol. The van der Waals surface area contributed by atoms with Gasteiger partial charge in [-0.2, -0.15) is 0 Å². The van der Waals surface area contributed by atoms with Crippen LogP contribution >= 0.6 is 23.2 Å². The van der Waals surface area contributed by atoms with Crippen LogP contribution in [0.4, 0.5) is 10.5 Å². The molecule has 1 aliphatic rings. The lowest BCUT2D eigenvalue weighted by atomic mass is 10.1. The van der Waals surface area contributed by atoms with Crippen molar-refractivity contribution in [1.29, 1.82) is 0 Å². The summed E-state index contributed by atoms with van der Waals surface area (Å²) in [4.78, 5) is 26.8. The number of anilines is 1. The summed E-state index contributed by atoms with van der Waals surface area (Å²) in [6.45, 7) is 0.749. The van der Waals surface area contributed by atoms with Gasteiger partial charge in [0.05, 0.1) is 21.1 Å². The Morgan fingerprint density at radius 2 is 1.81 bits per heavy atom. The van der Waals surface area contributed by atoms with Crippen LogP contribution in [0.1, 0.15) is 25.1 Å². The highest BCUT2D eigenvalue weighted by Crippen LogP contribution is 2.26. The summed E-state index contributed by atoms with van der Waals surface area (Å²) in [6.07, 6.45) is 3.98. The second kappa shape index (κ2) is 8.41. The smallest absolute Gasteiger partial charge is 0.311 e. The molecule has 2 aromatic heterocycles. The van der Waals surface area contributed by atoms with Crippen molar-refractivity contribution in [3.05, 3.63) is 74.8 Å². The SMILES string of the molecule is O=C(Nc1ccc(Cl)c(Cl)c1)n1c(=O)c(-c2nnc3n2CCCCC3)cc2ccccc21. The average Bonchev–Trinajstić information content (AvgIpc) is 3.03. The summed E-state index contributed by atoms with van der Waals surface area (Å²) in [5.74, 6) is 1.37. The Kier molecular flexibility index (Phi) is 5.45. The number of hydrogen-bond acceptors (Lipinski definition) is 4. The fraction of sp³-hybridized carbons (Fsp3) is 0.217. The fourth-order valence-corrected chi connectivity index (χ4v) is 4.36. The zero-order chi connectivity index (χ0) is 22.2. The lowest BCUT2D eigenvalue weighted by Gasteiger charge is -2.14. The molecule has 0 bridgehead atoms. The Bertz CT molecular complexity index is 1410. The lowest BCUT2D eigenvalue weighted by molar-refractivity contribution is 0.253. The molecule has 4 aromatic rings. The first-order chi connectivity index (χ1) is 15.5. The number of nitrogens with zero attached hydrogens (tertiary/aromatic N) is 4. The zero-order valence-corrected chi connectivity index (χ0v) is 18.5. The second-order valence-electron chi connectivity index (χ2n) is 7.72. The van der Waals surface area contributed by atoms with Gasteiger partial charge in [0.25, 0.3) is 5.56 Å². The van der Waals surface area contributed by atoms with Gasteiger partial charge in [0, 0.05) is 18.7 Å². The number of para-hydroxylation sites is 1. The first-order valence-corrected chi connectivity index (χ1v) is 11.1. The summed E-state index contributed by atoms with van der Waals surface area (Å²) in [6, 6.07) is 13.2. The molecule has 1 aliphatic heterocycles. The van der Waals surface area contributed by atoms with Gasteiger partial charge >= 0.3 is 6.03 Å². The molecule has 32 heavy (non-hydrogen) atoms. The predicted octanol–water partition coefficient (Wildman–Crippen LogP) is 5.37. The molecule has 1 amide bonds. The van der Waals surface area contributed by atoms with E-state index in [-0.39, 0.29) is 0 Å². The van der Waals surface area contributed by atoms with Crippen LogP contribution < -0.4 is 10.9 Å². The molecule has 0 spiro atoms. The van der Waals surface area contributed by atoms with Crippen molar-refractivity contribution < 1.29 is 4.79 Å². The van der Waals surface area contributed by atoms with E-state index in [9.17, 15) is 9.59 Å². The number of nitrogens with one attached hydrogen (secondary N) is 1. The largest absolute Gasteiger partial charge is 0.333 e. The Labute approximate surface area is 193 Å². The molecule has 162 valence electrons. The highest BCUT2D eigenvalue weighted by atomic mass is 35.5. The Hall–Kier alpha value is -3.16. The number of halogens is 2. The van der Waals surface area contributed by atoms with Crippen LogP contribution in [0.2, 0.25) is 10.0 Å². The third-order valence-electron chi connectivity index (χ3n) is 5.64. The van der Waals surface area contributed by atoms with Gasteiger partial charge in [-0.25, -0.2) is 9.36 Å². The van der Waals surface area contributed by atoms with Gasteiger partial charge in [0.15, 0.2) is 5.82 Å². The van der Waals surface area contributed by atoms with Crippen LogP contribution in [0, 0.1) is 0 Å². The fourth-order valence-electron chi connectivity index (χ4n) is 4.06. The van der Waals surface area contributed by atoms with Crippen molar-refractivity contribution in [2.24, 2.45) is 0 Å². The van der Waals surface area contributed by atoms with Gasteiger partial charge < -0.3 is 9.88 Å². The summed E-state index contributed by atoms with van der Waals surface area (Å²) >= 11 is 12.0. The van der Waals surface area contributed by atoms with Crippen LogP contribution in [0.3, 0.4) is 0 Å². The zero-order valence-electron chi connectivity index (χ0n) is 17.0. The molecule has 0 aliphatic carbocycles. The highest BCUT2D eigenvalue weighted by Gasteiger charge is 2.22. The van der Waals surface area contributed by atoms with E-state index in [2.05, 4.69) is 15.5 Å². The van der Waals surface area contributed by atoms with Crippen LogP contribution in [0.25, 0.3) is 22.3 Å². The van der Waals surface area contributed by atoms with Crippen molar-refractivity contribution in [3.63, 3.8) is 0 Å². The van der Waals surface area contributed by atoms with Crippen molar-refractivity contribution in [3.8, 4) is 11.4 Å². The van der Waals surface area contributed by atoms with E-state index in [1.165, 1.54) is 6.07 Å². The maximum absolute atomic E-state index is 13.6. The van der Waals surface area contributed by atoms with E-state index >= 15 is 0 Å². The van der Waals surface area contributed by atoms with E-state index in [0.29, 0.717) is 32.6 Å². The minimum Gasteiger partial charge on any atom is -0.311 e. The van der Waals surface area contributed by atoms with Gasteiger partial charge in [-0.3, -0.25) is 4.79 Å². The van der Waals surface area contributed by atoms with Crippen molar-refractivity contribution in [2.45, 2.75) is 32.2 Å². The van der Waals surface area contributed by atoms with E-state index in [1.807, 2.05) is 16.7 Å². The maximum Gasteiger partial charge on any atom is 0.333 e. The number of rotatable bonds is 2. The number of carbonyl (C=O) groups is 1. The van der Waals surface area contributed by atoms with Crippen molar-refractivity contribution >= 4 is 45.8 Å². The minimum atomic E-state index is -0.595. The second-order valence-corrected chi connectivity index (χ2v) is 8.53. The maximum atomic E-state index is 13.6. The number of benzene rings is 2. The molecule has 0 saturated carbocycles. The summed E-state index contributed by atoms with van der Waals surface area (Å²) in [7, 11) is 0. The molecule has 9 heteroatoms. The molecular formula is C23H19Cl2N5O2. The first-order valence-electron chi connectivity index (χ1n) is 10.4. The van der Waals surface area contributed by atoms with E-state index < -0.39 is 11.6 Å². The van der Waals surface area contributed by atoms with Gasteiger partial charge in [-0.1, -0.05) is 47.8 Å². The monoisotopic (exact) mass is 467 g/mol. The first kappa shape index (κ1) is 20.7. The van der Waals surface area contributed by atoms with E-state index in [1.54, 1.807) is 30.3 Å². The Morgan fingerprint density at radius 3 is 2.66 bits per heavy atom. The minimum absolute atomic E-state index is 0.307. The molecule has 7 nitrogen and oxygen atoms in total. The molecule has 0 saturated heterocycles. The van der Waals surface area contributed by atoms with Crippen LogP contribution in [0.5, 0.6) is 0 Å². The Morgan fingerprint density at radius 1 is 0.969 bits per heavy atom. The van der Waals surface area contributed by atoms with Gasteiger partial charge in [0.1, 0.15) is 5.82 Å². The highest BCUT2D eigenvalue weighted by molar-refractivity contribution is 6.42. The van der Waals surface area contributed by atoms with Gasteiger partial charge in [0.2, 0.25) is 0 Å². The van der Waals surface area contributed by atoms with Crippen molar-refractivity contribution in [1.82, 2.24) is 19.3 Å². The topological polar surface area (TPSA) is 81.8 Å². The quantitative estimate of drug-likeness (QED) is 0.429. The summed E-state index contributed by atoms with van der Waals surface area (Å²) in [5.41, 5.74) is 0.811. The Balaban J connectivity index is 1.65. The summed E-state index contributed by atoms with van der Waals surface area (Å²) < 4.78 is 3.13. The van der Waals surface area contributed by atoms with E-state index in [4.69, 9.17) is 23.2 Å². The molecule has 0 fully saturated rings. The van der Waals surface area contributed by atoms with E-state index in [0.717, 1.165) is 48.0 Å². The van der Waals surface area contributed by atoms with Crippen LogP contribution in [0.15, 0.2) is 53.3 Å². The number of pyridine rings is 1. The molecule has 0 radical (unpaired) electrons. The van der Waals surface area contributed by atoms with Gasteiger partial charge in [-0.15, -0.1) is 10.2 Å². The number of fused-ring (bicyclic) bond motifs is 2. The normalized spacial score (nSPS) is 13.6. The average molecular weight is 468 g/mol. The van der Waals surface area contributed by atoms with Crippen LogP contribution in [-0.2, 0) is 13.0 Å². The molecule has 0 unspecified atom stereocenters. The number of carbonyl (C=O) groups excluding carboxylic acids is 1. The number of aryl methyl sites for hydroxylation is 1. The molecular weight excluding hydrogens is 449 g/mol. The molecule has 2 aromatic carbocycles. The number of hydrogen-bond donors (Lipinski definition) is 1. The van der Waals surface area contributed by atoms with Gasteiger partial charge in [-0.05, 0) is 48.6 Å². The standard InChI is InChI=1S/C23H19Cl2N5O2/c24-17-10-9-15(13-18(17)25)26-23(32)30-19-7-4-3-6-14(19)12-16(22(30)31)21-28-27-20-8-2-1-5-11-29(20)21/h3-4,6-7,9-10,12-13H,1-2,5,8,11H2,(H,26,32). The summed E-state index contributed by atoms with van der Waals surface area (Å²) in [5, 5.41) is 12.8. The third kappa shape index (κ3) is 3.67. The third-order valence-corrected chi connectivity index (χ3v) is 6.37. The lowest BCUT2D eigenvalue weighted by Crippen LogP contribution is -2.32. The molecule has 0 atom stereocenters. The van der Waals surface area contributed by atoms with Crippen LogP contribution in [-0.4, -0.2) is 25.4 Å². The number of aromatic nitrogens is 4. The molecule has 3 heterocycles. The molecule has 1 N–H and O–H groups in total.